The second kappa shape index (κ2) is 11.4. The van der Waals surface area contributed by atoms with E-state index in [-0.39, 0.29) is 11.8 Å². The third kappa shape index (κ3) is 6.31. The lowest BCUT2D eigenvalue weighted by Gasteiger charge is -2.18. The van der Waals surface area contributed by atoms with Crippen LogP contribution in [0.3, 0.4) is 0 Å². The van der Waals surface area contributed by atoms with Gasteiger partial charge in [-0.15, -0.1) is 11.8 Å². The summed E-state index contributed by atoms with van der Waals surface area (Å²) in [6.07, 6.45) is 0. The van der Waals surface area contributed by atoms with Crippen molar-refractivity contribution in [3.8, 4) is 5.75 Å². The van der Waals surface area contributed by atoms with Gasteiger partial charge in [-0.3, -0.25) is 9.59 Å². The highest BCUT2D eigenvalue weighted by atomic mass is 32.2. The highest BCUT2D eigenvalue weighted by molar-refractivity contribution is 8.00. The lowest BCUT2D eigenvalue weighted by Crippen LogP contribution is -2.19. The number of methoxy groups -OCH3 is 1. The van der Waals surface area contributed by atoms with Gasteiger partial charge < -0.3 is 15.4 Å². The van der Waals surface area contributed by atoms with Crippen molar-refractivity contribution in [3.63, 3.8) is 0 Å². The smallest absolute Gasteiger partial charge is 0.255 e. The van der Waals surface area contributed by atoms with Gasteiger partial charge >= 0.3 is 0 Å². The summed E-state index contributed by atoms with van der Waals surface area (Å²) in [4.78, 5) is 26.7. The zero-order valence-corrected chi connectivity index (χ0v) is 20.3. The first-order chi connectivity index (χ1) is 17.0. The first kappa shape index (κ1) is 24.1. The van der Waals surface area contributed by atoms with Crippen molar-refractivity contribution >= 4 is 35.0 Å². The number of aryl methyl sites for hydroxylation is 1. The maximum Gasteiger partial charge on any atom is 0.255 e. The van der Waals surface area contributed by atoms with Gasteiger partial charge in [-0.05, 0) is 61.0 Å². The van der Waals surface area contributed by atoms with Crippen LogP contribution in [0.4, 0.5) is 11.4 Å². The molecule has 1 unspecified atom stereocenters. The van der Waals surface area contributed by atoms with Crippen LogP contribution in [0.15, 0.2) is 108 Å². The van der Waals surface area contributed by atoms with Gasteiger partial charge in [0.2, 0.25) is 5.91 Å². The Morgan fingerprint density at radius 1 is 0.771 bits per heavy atom. The normalized spacial score (nSPS) is 11.4. The van der Waals surface area contributed by atoms with Gasteiger partial charge in [0.1, 0.15) is 11.0 Å². The number of carbonyl (C=O) groups excluding carboxylic acids is 2. The predicted octanol–water partition coefficient (Wildman–Crippen LogP) is 6.73. The van der Waals surface area contributed by atoms with E-state index in [0.29, 0.717) is 22.7 Å². The highest BCUT2D eigenvalue weighted by Gasteiger charge is 2.23. The molecule has 6 heteroatoms. The van der Waals surface area contributed by atoms with E-state index in [2.05, 4.69) is 10.6 Å². The molecule has 0 radical (unpaired) electrons. The average Bonchev–Trinajstić information content (AvgIpc) is 2.89. The van der Waals surface area contributed by atoms with E-state index < -0.39 is 5.25 Å². The minimum absolute atomic E-state index is 0.151. The molecule has 1 atom stereocenters. The minimum Gasteiger partial charge on any atom is -0.495 e. The number of hydrogen-bond donors (Lipinski definition) is 2. The Kier molecular flexibility index (Phi) is 7.85. The maximum atomic E-state index is 13.3. The van der Waals surface area contributed by atoms with Gasteiger partial charge in [-0.1, -0.05) is 60.2 Å². The summed E-state index contributed by atoms with van der Waals surface area (Å²) >= 11 is 1.44. The number of thioether (sulfide) groups is 1. The predicted molar refractivity (Wildman–Crippen MR) is 142 cm³/mol. The second-order valence-corrected chi connectivity index (χ2v) is 9.12. The third-order valence-corrected chi connectivity index (χ3v) is 6.65. The molecular weight excluding hydrogens is 456 g/mol. The second-order valence-electron chi connectivity index (χ2n) is 7.94. The Balaban J connectivity index is 1.49. The van der Waals surface area contributed by atoms with Crippen LogP contribution in [0.25, 0.3) is 0 Å². The molecular formula is C29H26N2O3S. The van der Waals surface area contributed by atoms with E-state index in [4.69, 9.17) is 4.74 Å². The molecule has 4 aromatic carbocycles. The molecule has 0 spiro atoms. The summed E-state index contributed by atoms with van der Waals surface area (Å²) in [7, 11) is 1.58. The number of hydrogen-bond acceptors (Lipinski definition) is 4. The van der Waals surface area contributed by atoms with Crippen molar-refractivity contribution in [1.82, 2.24) is 0 Å². The van der Waals surface area contributed by atoms with Gasteiger partial charge in [0, 0.05) is 16.1 Å². The average molecular weight is 483 g/mol. The Hall–Kier alpha value is -4.03. The van der Waals surface area contributed by atoms with Gasteiger partial charge in [0.15, 0.2) is 0 Å². The van der Waals surface area contributed by atoms with Gasteiger partial charge in [0.05, 0.1) is 12.8 Å². The molecule has 4 rings (SSSR count). The van der Waals surface area contributed by atoms with E-state index in [1.54, 1.807) is 19.2 Å². The van der Waals surface area contributed by atoms with Crippen LogP contribution in [0.5, 0.6) is 5.75 Å². The molecule has 0 fully saturated rings. The molecule has 0 bridgehead atoms. The van der Waals surface area contributed by atoms with Crippen LogP contribution in [0.1, 0.15) is 26.7 Å². The molecule has 0 aliphatic carbocycles. The molecule has 2 amide bonds. The molecule has 176 valence electrons. The van der Waals surface area contributed by atoms with Crippen LogP contribution in [0, 0.1) is 6.92 Å². The number of amides is 2. The van der Waals surface area contributed by atoms with E-state index in [9.17, 15) is 9.59 Å². The Bertz CT molecular complexity index is 1290. The summed E-state index contributed by atoms with van der Waals surface area (Å²) in [5.74, 6) is 0.289. The van der Waals surface area contributed by atoms with Crippen LogP contribution in [0.2, 0.25) is 0 Å². The van der Waals surface area contributed by atoms with E-state index in [0.717, 1.165) is 16.0 Å². The number of benzene rings is 4. The first-order valence-electron chi connectivity index (χ1n) is 11.2. The quantitative estimate of drug-likeness (QED) is 0.273. The van der Waals surface area contributed by atoms with E-state index >= 15 is 0 Å². The highest BCUT2D eigenvalue weighted by Crippen LogP contribution is 2.37. The van der Waals surface area contributed by atoms with Crippen LogP contribution < -0.4 is 15.4 Å². The Labute approximate surface area is 209 Å². The molecule has 5 nitrogen and oxygen atoms in total. The number of anilines is 2. The first-order valence-corrected chi connectivity index (χ1v) is 12.0. The Morgan fingerprint density at radius 3 is 2.11 bits per heavy atom. The molecule has 2 N–H and O–H groups in total. The number of ether oxygens (including phenoxy) is 1. The third-order valence-electron chi connectivity index (χ3n) is 5.39. The number of carbonyl (C=O) groups is 2. The van der Waals surface area contributed by atoms with Crippen molar-refractivity contribution in [2.75, 3.05) is 17.7 Å². The van der Waals surface area contributed by atoms with Gasteiger partial charge in [-0.2, -0.15) is 0 Å². The summed E-state index contributed by atoms with van der Waals surface area (Å²) < 4.78 is 5.38. The van der Waals surface area contributed by atoms with Crippen LogP contribution >= 0.6 is 11.8 Å². The molecule has 4 aromatic rings. The minimum atomic E-state index is -0.478. The SMILES string of the molecule is COc1ccccc1NC(=O)C(Sc1ccc(NC(=O)c2ccc(C)cc2)cc1)c1ccccc1. The number of nitrogens with one attached hydrogen (secondary N) is 2. The van der Waals surface area contributed by atoms with E-state index in [1.165, 1.54) is 11.8 Å². The monoisotopic (exact) mass is 482 g/mol. The molecule has 35 heavy (non-hydrogen) atoms. The molecule has 0 saturated heterocycles. The lowest BCUT2D eigenvalue weighted by atomic mass is 10.1. The van der Waals surface area contributed by atoms with Crippen molar-refractivity contribution in [2.45, 2.75) is 17.1 Å². The largest absolute Gasteiger partial charge is 0.495 e. The fraction of sp³-hybridized carbons (Fsp3) is 0.103. The maximum absolute atomic E-state index is 13.3. The zero-order chi connectivity index (χ0) is 24.6. The topological polar surface area (TPSA) is 67.4 Å². The van der Waals surface area contributed by atoms with Crippen molar-refractivity contribution in [2.24, 2.45) is 0 Å². The van der Waals surface area contributed by atoms with Gasteiger partial charge in [0.25, 0.3) is 5.91 Å². The Morgan fingerprint density at radius 2 is 1.43 bits per heavy atom. The summed E-state index contributed by atoms with van der Waals surface area (Å²) in [6, 6.07) is 31.9. The van der Waals surface area contributed by atoms with Crippen LogP contribution in [-0.4, -0.2) is 18.9 Å². The fourth-order valence-corrected chi connectivity index (χ4v) is 4.53. The van der Waals surface area contributed by atoms with Crippen molar-refractivity contribution in [3.05, 3.63) is 120 Å². The van der Waals surface area contributed by atoms with E-state index in [1.807, 2.05) is 97.9 Å². The summed E-state index contributed by atoms with van der Waals surface area (Å²) in [5, 5.41) is 5.44. The van der Waals surface area contributed by atoms with Gasteiger partial charge in [-0.25, -0.2) is 0 Å². The van der Waals surface area contributed by atoms with Crippen LogP contribution in [-0.2, 0) is 4.79 Å². The lowest BCUT2D eigenvalue weighted by molar-refractivity contribution is -0.115. The standard InChI is InChI=1S/C29H26N2O3S/c1-20-12-14-22(15-13-20)28(32)30-23-16-18-24(19-17-23)35-27(21-8-4-3-5-9-21)29(33)31-25-10-6-7-11-26(25)34-2/h3-19,27H,1-2H3,(H,30,32)(H,31,33). The zero-order valence-electron chi connectivity index (χ0n) is 19.5. The molecule has 0 aliphatic rings. The number of rotatable bonds is 8. The molecule has 0 aliphatic heterocycles. The fourth-order valence-electron chi connectivity index (χ4n) is 3.51. The van der Waals surface area contributed by atoms with Crippen molar-refractivity contribution < 1.29 is 14.3 Å². The molecule has 0 aromatic heterocycles. The molecule has 0 saturated carbocycles. The van der Waals surface area contributed by atoms with Crippen molar-refractivity contribution in [1.29, 1.82) is 0 Å². The number of para-hydroxylation sites is 2. The molecule has 0 heterocycles. The summed E-state index contributed by atoms with van der Waals surface area (Å²) in [6.45, 7) is 1.98. The summed E-state index contributed by atoms with van der Waals surface area (Å²) in [5.41, 5.74) is 3.91.